The number of benzene rings is 2. The third-order valence-corrected chi connectivity index (χ3v) is 6.72. The van der Waals surface area contributed by atoms with Crippen LogP contribution in [0.15, 0.2) is 82.2 Å². The summed E-state index contributed by atoms with van der Waals surface area (Å²) in [6.45, 7) is 6.60. The monoisotopic (exact) mass is 512 g/mol. The quantitative estimate of drug-likeness (QED) is 0.290. The highest BCUT2D eigenvalue weighted by molar-refractivity contribution is 5.80. The van der Waals surface area contributed by atoms with Crippen LogP contribution in [-0.2, 0) is 24.3 Å². The van der Waals surface area contributed by atoms with Crippen molar-refractivity contribution in [3.63, 3.8) is 0 Å². The van der Waals surface area contributed by atoms with Crippen molar-refractivity contribution < 1.29 is 9.21 Å². The molecule has 3 aromatic heterocycles. The molecule has 5 rings (SSSR count). The largest absolute Gasteiger partial charge is 0.468 e. The number of carbonyl (C=O) groups is 1. The average Bonchev–Trinajstić information content (AvgIpc) is 3.60. The van der Waals surface area contributed by atoms with Crippen LogP contribution in [0.2, 0.25) is 0 Å². The van der Waals surface area contributed by atoms with Crippen LogP contribution in [0.5, 0.6) is 0 Å². The molecule has 0 saturated carbocycles. The number of nitrogens with zero attached hydrogens (tertiary/aromatic N) is 5. The Hall–Kier alpha value is -4.24. The van der Waals surface area contributed by atoms with Crippen LogP contribution in [0.3, 0.4) is 0 Å². The minimum absolute atomic E-state index is 0.0506. The molecule has 0 aliphatic heterocycles. The number of aryl methyl sites for hydroxylation is 1. The zero-order valence-electron chi connectivity index (χ0n) is 21.7. The first-order valence-corrected chi connectivity index (χ1v) is 12.9. The Balaban J connectivity index is 1.30. The van der Waals surface area contributed by atoms with Crippen LogP contribution in [0.4, 0.5) is 0 Å². The molecule has 0 spiro atoms. The molecular formula is C29H32N6O3. The molecule has 3 heterocycles. The Morgan fingerprint density at radius 1 is 1.03 bits per heavy atom. The van der Waals surface area contributed by atoms with Gasteiger partial charge in [-0.3, -0.25) is 23.5 Å². The smallest absolute Gasteiger partial charge is 0.263 e. The molecule has 1 N–H and O–H groups in total. The first-order chi connectivity index (χ1) is 18.5. The molecule has 0 aliphatic rings. The van der Waals surface area contributed by atoms with Gasteiger partial charge in [0.15, 0.2) is 0 Å². The van der Waals surface area contributed by atoms with E-state index in [9.17, 15) is 9.59 Å². The fourth-order valence-corrected chi connectivity index (χ4v) is 4.66. The Morgan fingerprint density at radius 2 is 1.82 bits per heavy atom. The predicted octanol–water partition coefficient (Wildman–Crippen LogP) is 3.64. The van der Waals surface area contributed by atoms with Crippen LogP contribution >= 0.6 is 0 Å². The molecule has 0 aliphatic carbocycles. The second kappa shape index (κ2) is 11.4. The fourth-order valence-electron chi connectivity index (χ4n) is 4.66. The van der Waals surface area contributed by atoms with Gasteiger partial charge in [0.2, 0.25) is 11.7 Å². The zero-order valence-corrected chi connectivity index (χ0v) is 21.7. The van der Waals surface area contributed by atoms with E-state index >= 15 is 0 Å². The lowest BCUT2D eigenvalue weighted by atomic mass is 10.2. The zero-order chi connectivity index (χ0) is 26.5. The number of fused-ring (bicyclic) bond motifs is 3. The third kappa shape index (κ3) is 5.52. The maximum atomic E-state index is 13.4. The van der Waals surface area contributed by atoms with Crippen molar-refractivity contribution in [2.45, 2.75) is 45.8 Å². The van der Waals surface area contributed by atoms with E-state index in [1.807, 2.05) is 71.1 Å². The summed E-state index contributed by atoms with van der Waals surface area (Å²) in [6.07, 6.45) is 2.35. The predicted molar refractivity (Wildman–Crippen MR) is 146 cm³/mol. The van der Waals surface area contributed by atoms with E-state index in [1.54, 1.807) is 10.8 Å². The molecule has 0 fully saturated rings. The van der Waals surface area contributed by atoms with E-state index in [0.717, 1.165) is 16.8 Å². The summed E-state index contributed by atoms with van der Waals surface area (Å²) in [5.41, 5.74) is 1.62. The molecule has 9 nitrogen and oxygen atoms in total. The molecule has 0 bridgehead atoms. The fraction of sp³-hybridized carbons (Fsp3) is 0.310. The van der Waals surface area contributed by atoms with Gasteiger partial charge in [-0.15, -0.1) is 10.2 Å². The minimum Gasteiger partial charge on any atom is -0.468 e. The lowest BCUT2D eigenvalue weighted by molar-refractivity contribution is -0.121. The molecule has 2 aromatic carbocycles. The number of furan rings is 1. The van der Waals surface area contributed by atoms with Gasteiger partial charge in [-0.2, -0.15) is 0 Å². The van der Waals surface area contributed by atoms with Gasteiger partial charge >= 0.3 is 0 Å². The average molecular weight is 513 g/mol. The standard InChI is InChI=1S/C29H32N6O3/c1-21(2)33(20-23-11-8-18-38-23)17-16-30-27(36)15-14-26-31-32-29-34(19-22-9-4-3-5-10-22)28(37)24-12-6-7-13-25(24)35(26)29/h3-13,18,21H,14-17,19-20H2,1-2H3,(H,30,36). The minimum atomic E-state index is -0.113. The molecule has 196 valence electrons. The Kier molecular flexibility index (Phi) is 7.65. The van der Waals surface area contributed by atoms with Crippen LogP contribution < -0.4 is 10.9 Å². The highest BCUT2D eigenvalue weighted by Gasteiger charge is 2.18. The summed E-state index contributed by atoms with van der Waals surface area (Å²) in [5.74, 6) is 1.97. The van der Waals surface area contributed by atoms with Crippen molar-refractivity contribution >= 4 is 22.6 Å². The number of para-hydroxylation sites is 1. The van der Waals surface area contributed by atoms with E-state index in [1.165, 1.54) is 0 Å². The van der Waals surface area contributed by atoms with E-state index in [-0.39, 0.29) is 17.9 Å². The van der Waals surface area contributed by atoms with Gasteiger partial charge in [-0.05, 0) is 43.7 Å². The number of nitrogens with one attached hydrogen (secondary N) is 1. The second-order valence-electron chi connectivity index (χ2n) is 9.64. The topological polar surface area (TPSA) is 97.7 Å². The summed E-state index contributed by atoms with van der Waals surface area (Å²) in [7, 11) is 0. The maximum Gasteiger partial charge on any atom is 0.263 e. The van der Waals surface area contributed by atoms with Crippen molar-refractivity contribution in [2.24, 2.45) is 0 Å². The lowest BCUT2D eigenvalue weighted by Gasteiger charge is -2.25. The lowest BCUT2D eigenvalue weighted by Crippen LogP contribution is -2.38. The van der Waals surface area contributed by atoms with Crippen molar-refractivity contribution in [2.75, 3.05) is 13.1 Å². The van der Waals surface area contributed by atoms with Gasteiger partial charge < -0.3 is 9.73 Å². The third-order valence-electron chi connectivity index (χ3n) is 6.72. The SMILES string of the molecule is CC(C)N(CCNC(=O)CCc1nnc2n(Cc3ccccc3)c(=O)c3ccccc3n12)Cc1ccco1. The molecule has 0 saturated heterocycles. The number of amides is 1. The summed E-state index contributed by atoms with van der Waals surface area (Å²) in [4.78, 5) is 28.3. The molecule has 0 atom stereocenters. The first kappa shape index (κ1) is 25.4. The summed E-state index contributed by atoms with van der Waals surface area (Å²) < 4.78 is 9.02. The molecule has 38 heavy (non-hydrogen) atoms. The highest BCUT2D eigenvalue weighted by atomic mass is 16.3. The normalized spacial score (nSPS) is 11.7. The van der Waals surface area contributed by atoms with E-state index in [0.29, 0.717) is 55.6 Å². The molecule has 1 amide bonds. The highest BCUT2D eigenvalue weighted by Crippen LogP contribution is 2.17. The summed E-state index contributed by atoms with van der Waals surface area (Å²) in [6, 6.07) is 21.4. The van der Waals surface area contributed by atoms with Crippen molar-refractivity contribution in [3.8, 4) is 0 Å². The molecule has 5 aromatic rings. The maximum absolute atomic E-state index is 13.4. The number of aromatic nitrogens is 4. The number of carbonyl (C=O) groups excluding carboxylic acids is 1. The first-order valence-electron chi connectivity index (χ1n) is 12.9. The summed E-state index contributed by atoms with van der Waals surface area (Å²) in [5, 5.41) is 12.4. The van der Waals surface area contributed by atoms with Gasteiger partial charge in [0.1, 0.15) is 11.6 Å². The van der Waals surface area contributed by atoms with Gasteiger partial charge in [0.25, 0.3) is 5.56 Å². The van der Waals surface area contributed by atoms with Gasteiger partial charge in [0, 0.05) is 32.0 Å². The number of hydrogen-bond donors (Lipinski definition) is 1. The Bertz CT molecular complexity index is 1570. The van der Waals surface area contributed by atoms with E-state index in [4.69, 9.17) is 4.42 Å². The molecule has 0 unspecified atom stereocenters. The van der Waals surface area contributed by atoms with E-state index in [2.05, 4.69) is 34.3 Å². The summed E-state index contributed by atoms with van der Waals surface area (Å²) >= 11 is 0. The molecule has 0 radical (unpaired) electrons. The number of rotatable bonds is 11. The van der Waals surface area contributed by atoms with Gasteiger partial charge in [-0.25, -0.2) is 0 Å². The Morgan fingerprint density at radius 3 is 2.58 bits per heavy atom. The molecular weight excluding hydrogens is 480 g/mol. The van der Waals surface area contributed by atoms with E-state index < -0.39 is 0 Å². The van der Waals surface area contributed by atoms with Crippen LogP contribution in [0, 0.1) is 0 Å². The van der Waals surface area contributed by atoms with Crippen molar-refractivity contribution in [1.82, 2.24) is 29.4 Å². The van der Waals surface area contributed by atoms with Crippen LogP contribution in [-0.4, -0.2) is 49.1 Å². The van der Waals surface area contributed by atoms with Crippen molar-refractivity contribution in [3.05, 3.63) is 100 Å². The van der Waals surface area contributed by atoms with Crippen LogP contribution in [0.25, 0.3) is 16.7 Å². The second-order valence-corrected chi connectivity index (χ2v) is 9.64. The number of hydrogen-bond acceptors (Lipinski definition) is 6. The van der Waals surface area contributed by atoms with Crippen LogP contribution in [0.1, 0.15) is 37.4 Å². The van der Waals surface area contributed by atoms with Crippen molar-refractivity contribution in [1.29, 1.82) is 0 Å². The Labute approximate surface area is 220 Å². The molecule has 9 heteroatoms. The van der Waals surface area contributed by atoms with Gasteiger partial charge in [-0.1, -0.05) is 42.5 Å². The van der Waals surface area contributed by atoms with Gasteiger partial charge in [0.05, 0.1) is 30.3 Å².